The van der Waals surface area contributed by atoms with E-state index < -0.39 is 25.9 Å². The van der Waals surface area contributed by atoms with E-state index in [0.29, 0.717) is 24.1 Å². The summed E-state index contributed by atoms with van der Waals surface area (Å²) in [6, 6.07) is 9.50. The third-order valence-corrected chi connectivity index (χ3v) is 8.60. The first-order valence-electron chi connectivity index (χ1n) is 10.5. The third kappa shape index (κ3) is 6.43. The number of benzene rings is 2. The molecular weight excluding hydrogens is 453 g/mol. The minimum Gasteiger partial charge on any atom is -0.377 e. The van der Waals surface area contributed by atoms with E-state index in [0.717, 1.165) is 17.8 Å². The van der Waals surface area contributed by atoms with Crippen molar-refractivity contribution in [3.8, 4) is 0 Å². The Kier molecular flexibility index (Phi) is 8.67. The molecule has 0 aromatic heterocycles. The number of nitrogens with one attached hydrogen (secondary N) is 1. The highest BCUT2D eigenvalue weighted by atomic mass is 32.2. The van der Waals surface area contributed by atoms with Crippen LogP contribution in [-0.2, 0) is 26.6 Å². The van der Waals surface area contributed by atoms with E-state index in [4.69, 9.17) is 0 Å². The summed E-state index contributed by atoms with van der Waals surface area (Å²) in [4.78, 5) is 1.85. The van der Waals surface area contributed by atoms with E-state index in [1.165, 1.54) is 16.4 Å². The number of sulfonamides is 2. The van der Waals surface area contributed by atoms with Crippen LogP contribution < -0.4 is 9.62 Å². The molecule has 1 N–H and O–H groups in total. The normalized spacial score (nSPS) is 13.2. The van der Waals surface area contributed by atoms with Gasteiger partial charge in [0.2, 0.25) is 20.0 Å². The number of rotatable bonds is 11. The lowest BCUT2D eigenvalue weighted by Crippen LogP contribution is -2.38. The lowest BCUT2D eigenvalue weighted by molar-refractivity contribution is 0.323. The number of hydrogen-bond donors (Lipinski definition) is 1. The molecule has 7 nitrogen and oxygen atoms in total. The summed E-state index contributed by atoms with van der Waals surface area (Å²) in [6.45, 7) is 5.51. The zero-order valence-electron chi connectivity index (χ0n) is 19.2. The van der Waals surface area contributed by atoms with Crippen LogP contribution in [0, 0.1) is 5.82 Å². The average molecular weight is 486 g/mol. The lowest BCUT2D eigenvalue weighted by atomic mass is 10.1. The zero-order chi connectivity index (χ0) is 24.1. The molecule has 0 fully saturated rings. The first-order valence-corrected chi connectivity index (χ1v) is 13.6. The standard InChI is InChI=1S/C22H32FN3O4S2/c1-6-14-31(27,28)24-20-10-13-22(25(4)5)18(15-20)16-26(17(3)7-2)32(29,30)21-11-8-19(23)9-12-21/h8-13,15,17,24H,6-7,14,16H2,1-5H3. The van der Waals surface area contributed by atoms with Gasteiger partial charge in [0.05, 0.1) is 10.6 Å². The van der Waals surface area contributed by atoms with Gasteiger partial charge in [0, 0.05) is 38.1 Å². The molecule has 2 rings (SSSR count). The molecule has 0 radical (unpaired) electrons. The Balaban J connectivity index is 2.52. The smallest absolute Gasteiger partial charge is 0.243 e. The van der Waals surface area contributed by atoms with E-state index in [-0.39, 0.29) is 23.2 Å². The molecule has 0 heterocycles. The summed E-state index contributed by atoms with van der Waals surface area (Å²) in [7, 11) is -3.74. The van der Waals surface area contributed by atoms with Crippen molar-refractivity contribution < 1.29 is 21.2 Å². The van der Waals surface area contributed by atoms with Gasteiger partial charge in [0.1, 0.15) is 5.82 Å². The molecule has 2 aromatic rings. The van der Waals surface area contributed by atoms with Crippen LogP contribution in [0.5, 0.6) is 0 Å². The fraction of sp³-hybridized carbons (Fsp3) is 0.455. The van der Waals surface area contributed by atoms with Crippen molar-refractivity contribution in [2.45, 2.75) is 51.1 Å². The van der Waals surface area contributed by atoms with Crippen molar-refractivity contribution in [2.75, 3.05) is 29.5 Å². The summed E-state index contributed by atoms with van der Waals surface area (Å²) >= 11 is 0. The minimum atomic E-state index is -3.92. The van der Waals surface area contributed by atoms with Gasteiger partial charge in [-0.1, -0.05) is 13.8 Å². The predicted octanol–water partition coefficient (Wildman–Crippen LogP) is 4.03. The van der Waals surface area contributed by atoms with Crippen LogP contribution in [0.25, 0.3) is 0 Å². The van der Waals surface area contributed by atoms with Gasteiger partial charge >= 0.3 is 0 Å². The van der Waals surface area contributed by atoms with Crippen LogP contribution in [0.1, 0.15) is 39.2 Å². The monoisotopic (exact) mass is 485 g/mol. The van der Waals surface area contributed by atoms with Gasteiger partial charge in [-0.3, -0.25) is 4.72 Å². The topological polar surface area (TPSA) is 86.8 Å². The van der Waals surface area contributed by atoms with Gasteiger partial charge in [-0.15, -0.1) is 0 Å². The quantitative estimate of drug-likeness (QED) is 0.519. The molecule has 0 aliphatic rings. The van der Waals surface area contributed by atoms with Gasteiger partial charge in [-0.2, -0.15) is 4.31 Å². The molecule has 178 valence electrons. The molecule has 0 saturated carbocycles. The maximum Gasteiger partial charge on any atom is 0.243 e. The highest BCUT2D eigenvalue weighted by Crippen LogP contribution is 2.29. The van der Waals surface area contributed by atoms with Gasteiger partial charge in [0.15, 0.2) is 0 Å². The highest BCUT2D eigenvalue weighted by Gasteiger charge is 2.29. The van der Waals surface area contributed by atoms with Crippen LogP contribution in [0.4, 0.5) is 15.8 Å². The molecule has 0 spiro atoms. The second-order valence-electron chi connectivity index (χ2n) is 7.92. The summed E-state index contributed by atoms with van der Waals surface area (Å²) in [5.74, 6) is -0.517. The van der Waals surface area contributed by atoms with Gasteiger partial charge in [-0.25, -0.2) is 21.2 Å². The summed E-state index contributed by atoms with van der Waals surface area (Å²) in [5.41, 5.74) is 1.80. The van der Waals surface area contributed by atoms with Crippen molar-refractivity contribution in [3.63, 3.8) is 0 Å². The van der Waals surface area contributed by atoms with Crippen LogP contribution >= 0.6 is 0 Å². The van der Waals surface area contributed by atoms with Gasteiger partial charge in [-0.05, 0) is 67.8 Å². The molecule has 0 saturated heterocycles. The van der Waals surface area contributed by atoms with Crippen LogP contribution in [0.3, 0.4) is 0 Å². The van der Waals surface area contributed by atoms with Crippen molar-refractivity contribution in [1.82, 2.24) is 4.31 Å². The molecule has 0 aliphatic carbocycles. The first kappa shape index (κ1) is 26.1. The molecule has 0 amide bonds. The van der Waals surface area contributed by atoms with Gasteiger partial charge in [0.25, 0.3) is 0 Å². The Morgan fingerprint density at radius 3 is 2.16 bits per heavy atom. The molecule has 0 bridgehead atoms. The van der Waals surface area contributed by atoms with Crippen LogP contribution in [0.2, 0.25) is 0 Å². The Bertz CT molecular complexity index is 1120. The zero-order valence-corrected chi connectivity index (χ0v) is 20.8. The Morgan fingerprint density at radius 2 is 1.62 bits per heavy atom. The fourth-order valence-corrected chi connectivity index (χ4v) is 6.11. The molecule has 1 atom stereocenters. The highest BCUT2D eigenvalue weighted by molar-refractivity contribution is 7.92. The average Bonchev–Trinajstić information content (AvgIpc) is 2.71. The Morgan fingerprint density at radius 1 is 1.00 bits per heavy atom. The molecule has 0 aliphatic heterocycles. The SMILES string of the molecule is CCCS(=O)(=O)Nc1ccc(N(C)C)c(CN(C(C)CC)S(=O)(=O)c2ccc(F)cc2)c1. The van der Waals surface area contributed by atoms with E-state index >= 15 is 0 Å². The molecule has 10 heteroatoms. The van der Waals surface area contributed by atoms with Crippen LogP contribution in [-0.4, -0.2) is 47.0 Å². The number of nitrogens with zero attached hydrogens (tertiary/aromatic N) is 2. The summed E-state index contributed by atoms with van der Waals surface area (Å²) < 4.78 is 68.5. The molecular formula is C22H32FN3O4S2. The minimum absolute atomic E-state index is 0.00426. The Hall–Kier alpha value is -2.17. The van der Waals surface area contributed by atoms with E-state index in [9.17, 15) is 21.2 Å². The van der Waals surface area contributed by atoms with Crippen molar-refractivity contribution >= 4 is 31.4 Å². The van der Waals surface area contributed by atoms with E-state index in [1.54, 1.807) is 25.1 Å². The van der Waals surface area contributed by atoms with Crippen LogP contribution in [0.15, 0.2) is 47.4 Å². The third-order valence-electron chi connectivity index (χ3n) is 5.14. The summed E-state index contributed by atoms with van der Waals surface area (Å²) in [6.07, 6.45) is 1.05. The Labute approximate surface area is 191 Å². The van der Waals surface area contributed by atoms with Crippen molar-refractivity contribution in [1.29, 1.82) is 0 Å². The van der Waals surface area contributed by atoms with E-state index in [1.807, 2.05) is 32.8 Å². The maximum absolute atomic E-state index is 13.4. The molecule has 32 heavy (non-hydrogen) atoms. The second kappa shape index (κ2) is 10.6. The van der Waals surface area contributed by atoms with E-state index in [2.05, 4.69) is 4.72 Å². The largest absolute Gasteiger partial charge is 0.377 e. The number of anilines is 2. The van der Waals surface area contributed by atoms with Gasteiger partial charge < -0.3 is 4.90 Å². The van der Waals surface area contributed by atoms with Crippen molar-refractivity contribution in [2.24, 2.45) is 0 Å². The summed E-state index contributed by atoms with van der Waals surface area (Å²) in [5, 5.41) is 0. The fourth-order valence-electron chi connectivity index (χ4n) is 3.30. The second-order valence-corrected chi connectivity index (χ2v) is 11.7. The number of halogens is 1. The predicted molar refractivity (Wildman–Crippen MR) is 127 cm³/mol. The van der Waals surface area contributed by atoms with Crippen molar-refractivity contribution in [3.05, 3.63) is 53.8 Å². The maximum atomic E-state index is 13.4. The lowest BCUT2D eigenvalue weighted by Gasteiger charge is -2.30. The molecule has 2 aromatic carbocycles. The molecule has 1 unspecified atom stereocenters. The first-order chi connectivity index (χ1) is 14.9. The number of hydrogen-bond acceptors (Lipinski definition) is 5.